The maximum absolute atomic E-state index is 12.8. The van der Waals surface area contributed by atoms with Crippen molar-refractivity contribution in [1.29, 1.82) is 0 Å². The molecule has 3 rings (SSSR count). The molecule has 0 aliphatic carbocycles. The second-order valence-electron chi connectivity index (χ2n) is 5.14. The molecule has 2 aliphatic rings. The minimum absolute atomic E-state index is 0.114. The second-order valence-corrected chi connectivity index (χ2v) is 6.82. The Labute approximate surface area is 150 Å². The highest BCUT2D eigenvalue weighted by Crippen LogP contribution is 2.37. The minimum Gasteiger partial charge on any atom is -0.493 e. The van der Waals surface area contributed by atoms with Crippen LogP contribution in [-0.2, 0) is 9.53 Å². The number of morpholine rings is 1. The lowest BCUT2D eigenvalue weighted by Gasteiger charge is -2.33. The third-order valence-electron chi connectivity index (χ3n) is 3.76. The molecule has 2 aliphatic heterocycles. The monoisotopic (exact) mass is 366 g/mol. The zero-order chi connectivity index (χ0) is 17.1. The number of nitrogens with zero attached hydrogens (tertiary/aromatic N) is 2. The van der Waals surface area contributed by atoms with E-state index in [1.54, 1.807) is 25.3 Å². The fourth-order valence-corrected chi connectivity index (χ4v) is 3.92. The summed E-state index contributed by atoms with van der Waals surface area (Å²) in [6.45, 7) is 2.50. The quantitative estimate of drug-likeness (QED) is 0.598. The number of hydrogen-bond acceptors (Lipinski definition) is 7. The summed E-state index contributed by atoms with van der Waals surface area (Å²) in [5.41, 5.74) is 0.777. The van der Waals surface area contributed by atoms with Gasteiger partial charge in [0.1, 0.15) is 0 Å². The number of benzene rings is 1. The molecule has 0 bridgehead atoms. The summed E-state index contributed by atoms with van der Waals surface area (Å²) in [4.78, 5) is 13.3. The predicted octanol–water partition coefficient (Wildman–Crippen LogP) is 2.15. The third-order valence-corrected chi connectivity index (χ3v) is 5.05. The Morgan fingerprint density at radius 3 is 2.67 bits per heavy atom. The molecule has 128 valence electrons. The topological polar surface area (TPSA) is 51.2 Å². The van der Waals surface area contributed by atoms with Gasteiger partial charge in [-0.1, -0.05) is 36.1 Å². The summed E-state index contributed by atoms with van der Waals surface area (Å²) < 4.78 is 16.6. The lowest BCUT2D eigenvalue weighted by Crippen LogP contribution is -2.50. The molecule has 0 saturated carbocycles. The maximum atomic E-state index is 12.8. The van der Waals surface area contributed by atoms with E-state index in [1.807, 2.05) is 23.2 Å². The molecule has 0 unspecified atom stereocenters. The Kier molecular flexibility index (Phi) is 5.40. The average Bonchev–Trinajstić information content (AvgIpc) is 2.89. The fourth-order valence-electron chi connectivity index (χ4n) is 2.62. The van der Waals surface area contributed by atoms with Gasteiger partial charge in [-0.25, -0.2) is 10.0 Å². The number of methoxy groups -OCH3 is 2. The van der Waals surface area contributed by atoms with Gasteiger partial charge in [0.25, 0.3) is 5.91 Å². The summed E-state index contributed by atoms with van der Waals surface area (Å²) in [5.74, 6) is 1.10. The number of thioether (sulfide) groups is 1. The Morgan fingerprint density at radius 1 is 1.25 bits per heavy atom. The highest BCUT2D eigenvalue weighted by Gasteiger charge is 2.37. The first kappa shape index (κ1) is 17.2. The van der Waals surface area contributed by atoms with E-state index in [0.29, 0.717) is 47.0 Å². The van der Waals surface area contributed by atoms with Crippen molar-refractivity contribution in [2.45, 2.75) is 0 Å². The Balaban J connectivity index is 1.89. The van der Waals surface area contributed by atoms with Gasteiger partial charge in [-0.05, 0) is 12.1 Å². The summed E-state index contributed by atoms with van der Waals surface area (Å²) >= 11 is 6.68. The van der Waals surface area contributed by atoms with E-state index >= 15 is 0 Å². The van der Waals surface area contributed by atoms with Crippen molar-refractivity contribution in [2.24, 2.45) is 0 Å². The number of thiocarbonyl (C=S) groups is 1. The van der Waals surface area contributed by atoms with Gasteiger partial charge < -0.3 is 14.2 Å². The molecule has 2 saturated heterocycles. The van der Waals surface area contributed by atoms with Crippen LogP contribution < -0.4 is 9.47 Å². The van der Waals surface area contributed by atoms with Gasteiger partial charge in [-0.2, -0.15) is 0 Å². The van der Waals surface area contributed by atoms with Crippen molar-refractivity contribution in [2.75, 3.05) is 40.5 Å². The number of carbonyl (C=O) groups excluding carboxylic acids is 1. The molecule has 2 fully saturated rings. The highest BCUT2D eigenvalue weighted by molar-refractivity contribution is 8.26. The van der Waals surface area contributed by atoms with Gasteiger partial charge in [-0.3, -0.25) is 4.79 Å². The first-order valence-corrected chi connectivity index (χ1v) is 8.69. The summed E-state index contributed by atoms with van der Waals surface area (Å²) in [5, 5.41) is 3.51. The predicted molar refractivity (Wildman–Crippen MR) is 97.0 cm³/mol. The zero-order valence-electron chi connectivity index (χ0n) is 13.5. The van der Waals surface area contributed by atoms with E-state index < -0.39 is 0 Å². The Bertz CT molecular complexity index is 687. The van der Waals surface area contributed by atoms with Crippen molar-refractivity contribution in [3.05, 3.63) is 28.7 Å². The van der Waals surface area contributed by atoms with Crippen LogP contribution in [0.4, 0.5) is 0 Å². The largest absolute Gasteiger partial charge is 0.493 e. The SMILES string of the molecule is COc1cccc(C=C2SC(=S)N(N3CCOCC3)C2=O)c1OC. The molecule has 1 aromatic rings. The molecule has 2 heterocycles. The van der Waals surface area contributed by atoms with E-state index in [1.165, 1.54) is 11.8 Å². The van der Waals surface area contributed by atoms with Crippen LogP contribution in [0.3, 0.4) is 0 Å². The van der Waals surface area contributed by atoms with Gasteiger partial charge in [0.05, 0.1) is 32.3 Å². The lowest BCUT2D eigenvalue weighted by molar-refractivity contribution is -0.138. The molecule has 0 radical (unpaired) electrons. The van der Waals surface area contributed by atoms with Crippen molar-refractivity contribution in [3.63, 3.8) is 0 Å². The first-order valence-electron chi connectivity index (χ1n) is 7.47. The zero-order valence-corrected chi connectivity index (χ0v) is 15.1. The molecule has 24 heavy (non-hydrogen) atoms. The van der Waals surface area contributed by atoms with Gasteiger partial charge in [0.15, 0.2) is 15.8 Å². The normalized spacial score (nSPS) is 20.8. The van der Waals surface area contributed by atoms with E-state index in [0.717, 1.165) is 5.56 Å². The number of ether oxygens (including phenoxy) is 3. The number of hydrazine groups is 1. The van der Waals surface area contributed by atoms with Crippen LogP contribution >= 0.6 is 24.0 Å². The molecule has 0 N–H and O–H groups in total. The Morgan fingerprint density at radius 2 is 2.00 bits per heavy atom. The van der Waals surface area contributed by atoms with E-state index in [9.17, 15) is 4.79 Å². The van der Waals surface area contributed by atoms with Gasteiger partial charge in [0.2, 0.25) is 0 Å². The summed E-state index contributed by atoms with van der Waals surface area (Å²) in [6, 6.07) is 5.55. The van der Waals surface area contributed by atoms with Crippen LogP contribution in [0.5, 0.6) is 11.5 Å². The van der Waals surface area contributed by atoms with Gasteiger partial charge in [-0.15, -0.1) is 0 Å². The van der Waals surface area contributed by atoms with E-state index in [-0.39, 0.29) is 5.91 Å². The smallest absolute Gasteiger partial charge is 0.280 e. The molecule has 0 aromatic heterocycles. The number of rotatable bonds is 4. The number of para-hydroxylation sites is 1. The van der Waals surface area contributed by atoms with Crippen LogP contribution in [0.1, 0.15) is 5.56 Å². The third kappa shape index (κ3) is 3.27. The van der Waals surface area contributed by atoms with Crippen molar-refractivity contribution >= 4 is 40.3 Å². The molecular formula is C16H18N2O4S2. The van der Waals surface area contributed by atoms with Gasteiger partial charge in [0, 0.05) is 18.7 Å². The second kappa shape index (κ2) is 7.52. The highest BCUT2D eigenvalue weighted by atomic mass is 32.2. The standard InChI is InChI=1S/C16H18N2O4S2/c1-20-12-5-3-4-11(14(12)21-2)10-13-15(19)18(16(23)24-13)17-6-8-22-9-7-17/h3-5,10H,6-9H2,1-2H3. The summed E-state index contributed by atoms with van der Waals surface area (Å²) in [6.07, 6.45) is 1.79. The molecule has 0 spiro atoms. The lowest BCUT2D eigenvalue weighted by atomic mass is 10.1. The average molecular weight is 366 g/mol. The maximum Gasteiger partial charge on any atom is 0.280 e. The van der Waals surface area contributed by atoms with E-state index in [4.69, 9.17) is 26.4 Å². The first-order chi connectivity index (χ1) is 11.7. The number of carbonyl (C=O) groups is 1. The summed E-state index contributed by atoms with van der Waals surface area (Å²) in [7, 11) is 3.16. The van der Waals surface area contributed by atoms with Crippen LogP contribution in [0, 0.1) is 0 Å². The molecular weight excluding hydrogens is 348 g/mol. The van der Waals surface area contributed by atoms with Crippen molar-refractivity contribution < 1.29 is 19.0 Å². The number of amides is 1. The molecule has 1 amide bonds. The fraction of sp³-hybridized carbons (Fsp3) is 0.375. The van der Waals surface area contributed by atoms with Crippen LogP contribution in [0.2, 0.25) is 0 Å². The van der Waals surface area contributed by atoms with Crippen LogP contribution in [0.15, 0.2) is 23.1 Å². The molecule has 6 nitrogen and oxygen atoms in total. The molecule has 1 aromatic carbocycles. The van der Waals surface area contributed by atoms with Gasteiger partial charge >= 0.3 is 0 Å². The van der Waals surface area contributed by atoms with Crippen LogP contribution in [0.25, 0.3) is 6.08 Å². The van der Waals surface area contributed by atoms with Crippen molar-refractivity contribution in [1.82, 2.24) is 10.0 Å². The Hall–Kier alpha value is -1.61. The molecule has 8 heteroatoms. The number of hydrogen-bond donors (Lipinski definition) is 0. The molecule has 0 atom stereocenters. The minimum atomic E-state index is -0.114. The van der Waals surface area contributed by atoms with Crippen molar-refractivity contribution in [3.8, 4) is 11.5 Å². The van der Waals surface area contributed by atoms with Crippen LogP contribution in [-0.4, -0.2) is 60.8 Å². The van der Waals surface area contributed by atoms with E-state index in [2.05, 4.69) is 0 Å².